The molecule has 3 aromatic rings. The molecule has 0 saturated carbocycles. The molecule has 0 spiro atoms. The molecule has 33 heavy (non-hydrogen) atoms. The number of nitrogens with zero attached hydrogens (tertiary/aromatic N) is 6. The number of nitrogens with one attached hydrogen (secondary N) is 2. The van der Waals surface area contributed by atoms with Crippen LogP contribution in [0.4, 0.5) is 23.1 Å². The van der Waals surface area contributed by atoms with Crippen LogP contribution in [0, 0.1) is 6.92 Å². The van der Waals surface area contributed by atoms with Gasteiger partial charge in [-0.3, -0.25) is 9.48 Å². The first-order valence-corrected chi connectivity index (χ1v) is 11.0. The molecule has 0 unspecified atom stereocenters. The van der Waals surface area contributed by atoms with Gasteiger partial charge in [-0.15, -0.1) is 0 Å². The number of carbonyl (C=O) groups excluding carboxylic acids is 1. The van der Waals surface area contributed by atoms with Gasteiger partial charge in [-0.1, -0.05) is 18.7 Å². The lowest BCUT2D eigenvalue weighted by Gasteiger charge is -2.19. The molecule has 9 nitrogen and oxygen atoms in total. The zero-order valence-electron chi connectivity index (χ0n) is 19.4. The lowest BCUT2D eigenvalue weighted by molar-refractivity contribution is -0.111. The van der Waals surface area contributed by atoms with Crippen molar-refractivity contribution in [3.8, 4) is 0 Å². The number of anilines is 4. The second-order valence-electron chi connectivity index (χ2n) is 8.42. The van der Waals surface area contributed by atoms with Gasteiger partial charge in [0.1, 0.15) is 5.82 Å². The summed E-state index contributed by atoms with van der Waals surface area (Å²) in [5, 5.41) is 10.5. The van der Waals surface area contributed by atoms with Crippen molar-refractivity contribution in [3.05, 3.63) is 66.1 Å². The first-order valence-electron chi connectivity index (χ1n) is 11.0. The van der Waals surface area contributed by atoms with Crippen LogP contribution in [0.5, 0.6) is 0 Å². The molecule has 1 aliphatic rings. The minimum Gasteiger partial charge on any atom is -0.352 e. The fraction of sp³-hybridized carbons (Fsp3) is 0.333. The SMILES string of the molecule is C=CC(=O)Nc1ccc(CN2CCc3c(C)nc(Nc4cnn(CCN(C)C)c4)nc32)cc1. The number of fused-ring (bicyclic) bond motifs is 1. The molecule has 2 aromatic heterocycles. The summed E-state index contributed by atoms with van der Waals surface area (Å²) in [7, 11) is 4.09. The van der Waals surface area contributed by atoms with Crippen molar-refractivity contribution < 1.29 is 4.79 Å². The maximum absolute atomic E-state index is 11.5. The van der Waals surface area contributed by atoms with Crippen molar-refractivity contribution in [2.45, 2.75) is 26.4 Å². The molecule has 0 saturated heterocycles. The van der Waals surface area contributed by atoms with Crippen molar-refractivity contribution >= 4 is 29.0 Å². The van der Waals surface area contributed by atoms with Crippen LogP contribution in [-0.2, 0) is 24.3 Å². The molecule has 172 valence electrons. The summed E-state index contributed by atoms with van der Waals surface area (Å²) in [5.41, 5.74) is 4.95. The summed E-state index contributed by atoms with van der Waals surface area (Å²) < 4.78 is 1.91. The van der Waals surface area contributed by atoms with Gasteiger partial charge in [0.25, 0.3) is 0 Å². The van der Waals surface area contributed by atoms with Crippen molar-refractivity contribution in [2.75, 3.05) is 42.7 Å². The number of benzene rings is 1. The van der Waals surface area contributed by atoms with Gasteiger partial charge in [0, 0.05) is 42.8 Å². The van der Waals surface area contributed by atoms with Crippen LogP contribution in [0.3, 0.4) is 0 Å². The Kier molecular flexibility index (Phi) is 6.69. The molecule has 1 aliphatic heterocycles. The summed E-state index contributed by atoms with van der Waals surface area (Å²) in [6, 6.07) is 7.85. The third kappa shape index (κ3) is 5.56. The van der Waals surface area contributed by atoms with E-state index in [1.807, 2.05) is 56.2 Å². The van der Waals surface area contributed by atoms with E-state index in [0.717, 1.165) is 61.0 Å². The molecule has 0 aliphatic carbocycles. The predicted molar refractivity (Wildman–Crippen MR) is 131 cm³/mol. The van der Waals surface area contributed by atoms with Crippen LogP contribution in [0.2, 0.25) is 0 Å². The average Bonchev–Trinajstić information content (AvgIpc) is 3.41. The van der Waals surface area contributed by atoms with E-state index in [4.69, 9.17) is 4.98 Å². The lowest BCUT2D eigenvalue weighted by Crippen LogP contribution is -2.21. The van der Waals surface area contributed by atoms with E-state index in [-0.39, 0.29) is 5.91 Å². The van der Waals surface area contributed by atoms with Crippen molar-refractivity contribution in [1.29, 1.82) is 0 Å². The minimum atomic E-state index is -0.216. The van der Waals surface area contributed by atoms with E-state index in [2.05, 4.69) is 37.1 Å². The summed E-state index contributed by atoms with van der Waals surface area (Å²) in [4.78, 5) is 25.4. The van der Waals surface area contributed by atoms with E-state index in [0.29, 0.717) is 5.95 Å². The Bertz CT molecular complexity index is 1140. The van der Waals surface area contributed by atoms with Crippen LogP contribution >= 0.6 is 0 Å². The lowest BCUT2D eigenvalue weighted by atomic mass is 10.2. The molecule has 1 amide bonds. The average molecular weight is 447 g/mol. The summed E-state index contributed by atoms with van der Waals surface area (Å²) in [6.07, 6.45) is 5.96. The molecular formula is C24H30N8O. The molecule has 0 atom stereocenters. The Balaban J connectivity index is 1.46. The third-order valence-corrected chi connectivity index (χ3v) is 5.57. The first-order chi connectivity index (χ1) is 15.9. The van der Waals surface area contributed by atoms with Gasteiger partial charge in [0.2, 0.25) is 11.9 Å². The summed E-state index contributed by atoms with van der Waals surface area (Å²) >= 11 is 0. The van der Waals surface area contributed by atoms with E-state index >= 15 is 0 Å². The summed E-state index contributed by atoms with van der Waals surface area (Å²) in [6.45, 7) is 8.89. The quantitative estimate of drug-likeness (QED) is 0.488. The van der Waals surface area contributed by atoms with E-state index in [1.165, 1.54) is 11.6 Å². The number of hydrogen-bond acceptors (Lipinski definition) is 7. The standard InChI is InChI=1S/C24H30N8O/c1-5-22(33)27-19-8-6-18(7-9-19)15-31-11-10-21-17(2)26-24(29-23(21)31)28-20-14-25-32(16-20)13-12-30(3)4/h5-9,14,16H,1,10-13,15H2,2-4H3,(H,27,33)(H,26,28,29). The monoisotopic (exact) mass is 446 g/mol. The van der Waals surface area contributed by atoms with Gasteiger partial charge in [-0.25, -0.2) is 4.98 Å². The fourth-order valence-corrected chi connectivity index (χ4v) is 3.79. The topological polar surface area (TPSA) is 91.2 Å². The van der Waals surface area contributed by atoms with Crippen molar-refractivity contribution in [3.63, 3.8) is 0 Å². The second kappa shape index (κ2) is 9.83. The Hall–Kier alpha value is -3.72. The predicted octanol–water partition coefficient (Wildman–Crippen LogP) is 2.97. The zero-order chi connectivity index (χ0) is 23.4. The number of rotatable bonds is 9. The largest absolute Gasteiger partial charge is 0.352 e. The molecule has 2 N–H and O–H groups in total. The highest BCUT2D eigenvalue weighted by Crippen LogP contribution is 2.31. The Morgan fingerprint density at radius 2 is 2.00 bits per heavy atom. The van der Waals surface area contributed by atoms with Crippen molar-refractivity contribution in [1.82, 2.24) is 24.6 Å². The van der Waals surface area contributed by atoms with E-state index in [1.54, 1.807) is 6.20 Å². The fourth-order valence-electron chi connectivity index (χ4n) is 3.79. The first kappa shape index (κ1) is 22.5. The highest BCUT2D eigenvalue weighted by Gasteiger charge is 2.24. The molecule has 0 bridgehead atoms. The summed E-state index contributed by atoms with van der Waals surface area (Å²) in [5.74, 6) is 1.33. The number of aryl methyl sites for hydroxylation is 1. The van der Waals surface area contributed by atoms with E-state index < -0.39 is 0 Å². The van der Waals surface area contributed by atoms with Crippen LogP contribution in [0.25, 0.3) is 0 Å². The number of carbonyl (C=O) groups is 1. The Labute approximate surface area is 194 Å². The molecule has 3 heterocycles. The highest BCUT2D eigenvalue weighted by molar-refractivity contribution is 5.98. The van der Waals surface area contributed by atoms with Crippen LogP contribution in [-0.4, -0.2) is 57.7 Å². The highest BCUT2D eigenvalue weighted by atomic mass is 16.1. The Morgan fingerprint density at radius 3 is 2.73 bits per heavy atom. The molecular weight excluding hydrogens is 416 g/mol. The van der Waals surface area contributed by atoms with Crippen molar-refractivity contribution in [2.24, 2.45) is 0 Å². The van der Waals surface area contributed by atoms with Crippen LogP contribution in [0.1, 0.15) is 16.8 Å². The second-order valence-corrected chi connectivity index (χ2v) is 8.42. The molecule has 4 rings (SSSR count). The third-order valence-electron chi connectivity index (χ3n) is 5.57. The smallest absolute Gasteiger partial charge is 0.247 e. The van der Waals surface area contributed by atoms with Crippen LogP contribution < -0.4 is 15.5 Å². The van der Waals surface area contributed by atoms with Gasteiger partial charge >= 0.3 is 0 Å². The van der Waals surface area contributed by atoms with Gasteiger partial charge in [0.15, 0.2) is 0 Å². The Morgan fingerprint density at radius 1 is 1.21 bits per heavy atom. The number of hydrogen-bond donors (Lipinski definition) is 2. The number of amides is 1. The maximum Gasteiger partial charge on any atom is 0.247 e. The zero-order valence-corrected chi connectivity index (χ0v) is 19.4. The number of aromatic nitrogens is 4. The molecule has 1 aromatic carbocycles. The number of likely N-dealkylation sites (N-methyl/N-ethyl adjacent to an activating group) is 1. The maximum atomic E-state index is 11.5. The van der Waals surface area contributed by atoms with Gasteiger partial charge in [-0.05, 0) is 51.2 Å². The molecule has 0 radical (unpaired) electrons. The van der Waals surface area contributed by atoms with E-state index in [9.17, 15) is 4.79 Å². The van der Waals surface area contributed by atoms with Crippen LogP contribution in [0.15, 0.2) is 49.3 Å². The van der Waals surface area contributed by atoms with Gasteiger partial charge < -0.3 is 20.4 Å². The molecule has 9 heteroatoms. The normalized spacial score (nSPS) is 12.7. The van der Waals surface area contributed by atoms with Gasteiger partial charge in [-0.2, -0.15) is 10.1 Å². The van der Waals surface area contributed by atoms with Gasteiger partial charge in [0.05, 0.1) is 18.4 Å². The minimum absolute atomic E-state index is 0.216. The molecule has 0 fully saturated rings.